The van der Waals surface area contributed by atoms with Crippen LogP contribution >= 0.6 is 0 Å². The van der Waals surface area contributed by atoms with E-state index >= 15 is 0 Å². The third-order valence-corrected chi connectivity index (χ3v) is 4.87. The summed E-state index contributed by atoms with van der Waals surface area (Å²) in [5.74, 6) is 1.45. The van der Waals surface area contributed by atoms with Crippen LogP contribution in [0.2, 0.25) is 0 Å². The summed E-state index contributed by atoms with van der Waals surface area (Å²) < 4.78 is 5.74. The highest BCUT2D eigenvalue weighted by Gasteiger charge is 2.24. The Kier molecular flexibility index (Phi) is 6.47. The molecule has 5 nitrogen and oxygen atoms in total. The Hall–Kier alpha value is -2.82. The second kappa shape index (κ2) is 9.21. The minimum Gasteiger partial charge on any atom is -0.457 e. The van der Waals surface area contributed by atoms with Gasteiger partial charge in [-0.1, -0.05) is 31.0 Å². The number of benzene rings is 2. The molecular weight excluding hydrogens is 340 g/mol. The average molecular weight is 366 g/mol. The fourth-order valence-corrected chi connectivity index (χ4v) is 3.49. The first-order chi connectivity index (χ1) is 13.1. The zero-order valence-electron chi connectivity index (χ0n) is 15.7. The number of nitrogens with zero attached hydrogens (tertiary/aromatic N) is 1. The average Bonchev–Trinajstić information content (AvgIpc) is 3.18. The topological polar surface area (TPSA) is 58.6 Å². The third kappa shape index (κ3) is 5.58. The molecule has 0 aromatic heterocycles. The van der Waals surface area contributed by atoms with Gasteiger partial charge in [-0.15, -0.1) is 0 Å². The molecule has 1 N–H and O–H groups in total. The minimum atomic E-state index is -0.0871. The lowest BCUT2D eigenvalue weighted by molar-refractivity contribution is -0.131. The number of amides is 2. The highest BCUT2D eigenvalue weighted by atomic mass is 16.5. The highest BCUT2D eigenvalue weighted by Crippen LogP contribution is 2.24. The molecule has 142 valence electrons. The van der Waals surface area contributed by atoms with E-state index in [1.165, 1.54) is 0 Å². The fraction of sp³-hybridized carbons (Fsp3) is 0.364. The molecule has 0 radical (unpaired) electrons. The summed E-state index contributed by atoms with van der Waals surface area (Å²) >= 11 is 0. The van der Waals surface area contributed by atoms with Crippen LogP contribution in [0.5, 0.6) is 11.5 Å². The van der Waals surface area contributed by atoms with Crippen LogP contribution in [0.3, 0.4) is 0 Å². The van der Waals surface area contributed by atoms with Crippen molar-refractivity contribution in [1.29, 1.82) is 0 Å². The lowest BCUT2D eigenvalue weighted by Gasteiger charge is -2.27. The largest absolute Gasteiger partial charge is 0.457 e. The van der Waals surface area contributed by atoms with E-state index < -0.39 is 0 Å². The number of para-hydroxylation sites is 1. The lowest BCUT2D eigenvalue weighted by Crippen LogP contribution is -2.39. The first-order valence-electron chi connectivity index (χ1n) is 9.52. The van der Waals surface area contributed by atoms with Gasteiger partial charge < -0.3 is 15.0 Å². The Balaban J connectivity index is 1.49. The van der Waals surface area contributed by atoms with Crippen molar-refractivity contribution in [2.45, 2.75) is 45.1 Å². The maximum atomic E-state index is 12.3. The molecule has 0 unspecified atom stereocenters. The van der Waals surface area contributed by atoms with Crippen molar-refractivity contribution in [3.8, 4) is 11.5 Å². The zero-order chi connectivity index (χ0) is 19.1. The van der Waals surface area contributed by atoms with Crippen molar-refractivity contribution in [3.05, 3.63) is 54.6 Å². The first-order valence-corrected chi connectivity index (χ1v) is 9.52. The van der Waals surface area contributed by atoms with Crippen molar-refractivity contribution in [1.82, 2.24) is 4.90 Å². The van der Waals surface area contributed by atoms with Gasteiger partial charge in [0.2, 0.25) is 11.8 Å². The van der Waals surface area contributed by atoms with Crippen LogP contribution < -0.4 is 10.1 Å². The Morgan fingerprint density at radius 3 is 2.26 bits per heavy atom. The van der Waals surface area contributed by atoms with Crippen LogP contribution in [0.15, 0.2) is 54.6 Å². The Morgan fingerprint density at radius 1 is 1.00 bits per heavy atom. The predicted octanol–water partition coefficient (Wildman–Crippen LogP) is 4.60. The fourth-order valence-electron chi connectivity index (χ4n) is 3.49. The molecule has 0 saturated heterocycles. The van der Waals surface area contributed by atoms with E-state index in [2.05, 4.69) is 5.32 Å². The molecule has 2 aromatic rings. The van der Waals surface area contributed by atoms with Crippen LogP contribution in [0, 0.1) is 0 Å². The number of carbonyl (C=O) groups excluding carboxylic acids is 2. The lowest BCUT2D eigenvalue weighted by atomic mass is 10.2. The molecule has 5 heteroatoms. The van der Waals surface area contributed by atoms with E-state index in [1.54, 1.807) is 6.92 Å². The molecule has 0 aliphatic heterocycles. The molecule has 0 bridgehead atoms. The number of hydrogen-bond acceptors (Lipinski definition) is 3. The summed E-state index contributed by atoms with van der Waals surface area (Å²) in [6.07, 6.45) is 4.72. The zero-order valence-corrected chi connectivity index (χ0v) is 15.7. The SMILES string of the molecule is CC(=O)N(CCC(=O)Nc1ccc(Oc2ccccc2)cc1)C1CCCC1. The predicted molar refractivity (Wildman–Crippen MR) is 106 cm³/mol. The van der Waals surface area contributed by atoms with Crippen molar-refractivity contribution in [3.63, 3.8) is 0 Å². The van der Waals surface area contributed by atoms with E-state index in [-0.39, 0.29) is 11.8 Å². The van der Waals surface area contributed by atoms with Gasteiger partial charge in [-0.05, 0) is 49.2 Å². The van der Waals surface area contributed by atoms with Crippen LogP contribution in [0.4, 0.5) is 5.69 Å². The summed E-state index contributed by atoms with van der Waals surface area (Å²) in [7, 11) is 0. The van der Waals surface area contributed by atoms with E-state index in [1.807, 2.05) is 59.5 Å². The number of carbonyl (C=O) groups is 2. The normalized spacial score (nSPS) is 14.0. The van der Waals surface area contributed by atoms with Gasteiger partial charge in [0.15, 0.2) is 0 Å². The standard InChI is InChI=1S/C22H26N2O3/c1-17(25)24(19-7-5-6-8-19)16-15-22(26)23-18-11-13-21(14-12-18)27-20-9-3-2-4-10-20/h2-4,9-14,19H,5-8,15-16H2,1H3,(H,23,26). The number of ether oxygens (including phenoxy) is 1. The molecule has 0 atom stereocenters. The number of rotatable bonds is 7. The van der Waals surface area contributed by atoms with Gasteiger partial charge in [0.05, 0.1) is 0 Å². The molecule has 1 fully saturated rings. The van der Waals surface area contributed by atoms with Crippen molar-refractivity contribution in [2.24, 2.45) is 0 Å². The molecule has 0 heterocycles. The van der Waals surface area contributed by atoms with Gasteiger partial charge in [0.1, 0.15) is 11.5 Å². The van der Waals surface area contributed by atoms with Gasteiger partial charge >= 0.3 is 0 Å². The smallest absolute Gasteiger partial charge is 0.226 e. The third-order valence-electron chi connectivity index (χ3n) is 4.87. The van der Waals surface area contributed by atoms with Crippen LogP contribution in [0.1, 0.15) is 39.0 Å². The molecule has 1 aliphatic rings. The molecule has 2 amide bonds. The maximum Gasteiger partial charge on any atom is 0.226 e. The molecule has 0 spiro atoms. The second-order valence-electron chi connectivity index (χ2n) is 6.89. The van der Waals surface area contributed by atoms with E-state index in [9.17, 15) is 9.59 Å². The quantitative estimate of drug-likeness (QED) is 0.779. The number of nitrogens with one attached hydrogen (secondary N) is 1. The minimum absolute atomic E-state index is 0.0529. The van der Waals surface area contributed by atoms with Gasteiger partial charge in [-0.3, -0.25) is 9.59 Å². The monoisotopic (exact) mass is 366 g/mol. The molecule has 2 aromatic carbocycles. The Morgan fingerprint density at radius 2 is 1.63 bits per heavy atom. The van der Waals surface area contributed by atoms with Crippen molar-refractivity contribution >= 4 is 17.5 Å². The summed E-state index contributed by atoms with van der Waals surface area (Å²) in [5.41, 5.74) is 0.718. The van der Waals surface area contributed by atoms with Gasteiger partial charge in [-0.2, -0.15) is 0 Å². The Labute approximate surface area is 160 Å². The van der Waals surface area contributed by atoms with Crippen LogP contribution in [-0.2, 0) is 9.59 Å². The summed E-state index contributed by atoms with van der Waals surface area (Å²) in [6.45, 7) is 2.06. The van der Waals surface area contributed by atoms with Crippen molar-refractivity contribution in [2.75, 3.05) is 11.9 Å². The van der Waals surface area contributed by atoms with E-state index in [4.69, 9.17) is 4.74 Å². The molecule has 3 rings (SSSR count). The van der Waals surface area contributed by atoms with E-state index in [0.29, 0.717) is 24.8 Å². The van der Waals surface area contributed by atoms with Gasteiger partial charge in [0, 0.05) is 31.6 Å². The molecule has 1 saturated carbocycles. The van der Waals surface area contributed by atoms with Crippen LogP contribution in [-0.4, -0.2) is 29.3 Å². The first kappa shape index (κ1) is 19.0. The van der Waals surface area contributed by atoms with E-state index in [0.717, 1.165) is 37.1 Å². The highest BCUT2D eigenvalue weighted by molar-refractivity contribution is 5.91. The summed E-state index contributed by atoms with van der Waals surface area (Å²) in [4.78, 5) is 26.0. The van der Waals surface area contributed by atoms with Gasteiger partial charge in [0.25, 0.3) is 0 Å². The summed E-state index contributed by atoms with van der Waals surface area (Å²) in [6, 6.07) is 17.1. The molecular formula is C22H26N2O3. The maximum absolute atomic E-state index is 12.3. The van der Waals surface area contributed by atoms with Crippen molar-refractivity contribution < 1.29 is 14.3 Å². The van der Waals surface area contributed by atoms with Gasteiger partial charge in [-0.25, -0.2) is 0 Å². The molecule has 27 heavy (non-hydrogen) atoms. The number of hydrogen-bond donors (Lipinski definition) is 1. The second-order valence-corrected chi connectivity index (χ2v) is 6.89. The Bertz CT molecular complexity index is 753. The molecule has 1 aliphatic carbocycles. The number of anilines is 1. The summed E-state index contributed by atoms with van der Waals surface area (Å²) in [5, 5.41) is 2.89. The van der Waals surface area contributed by atoms with Crippen LogP contribution in [0.25, 0.3) is 0 Å².